The maximum atomic E-state index is 11.9. The average Bonchev–Trinajstić information content (AvgIpc) is 3.21. The lowest BCUT2D eigenvalue weighted by atomic mass is 10.2. The lowest BCUT2D eigenvalue weighted by Gasteiger charge is -2.07. The molecule has 6 nitrogen and oxygen atoms in total. The lowest BCUT2D eigenvalue weighted by molar-refractivity contribution is 0.101. The summed E-state index contributed by atoms with van der Waals surface area (Å²) < 4.78 is 0. The van der Waals surface area contributed by atoms with Gasteiger partial charge < -0.3 is 10.6 Å². The van der Waals surface area contributed by atoms with E-state index >= 15 is 0 Å². The highest BCUT2D eigenvalue weighted by molar-refractivity contribution is 7.12. The summed E-state index contributed by atoms with van der Waals surface area (Å²) in [7, 11) is 0. The van der Waals surface area contributed by atoms with Crippen molar-refractivity contribution in [2.24, 2.45) is 0 Å². The zero-order valence-electron chi connectivity index (χ0n) is 11.1. The van der Waals surface area contributed by atoms with Gasteiger partial charge in [-0.05, 0) is 18.2 Å². The Morgan fingerprint density at radius 1 is 0.864 bits per heavy atom. The second-order valence-corrected chi connectivity index (χ2v) is 5.95. The molecular formula is C14H10N4O2S2. The Bertz CT molecular complexity index is 722. The van der Waals surface area contributed by atoms with E-state index in [1.165, 1.54) is 22.7 Å². The summed E-state index contributed by atoms with van der Waals surface area (Å²) in [6.07, 6.45) is 3.15. The molecule has 110 valence electrons. The number of nitrogens with zero attached hydrogens (tertiary/aromatic N) is 2. The predicted octanol–water partition coefficient (Wildman–Crippen LogP) is 3.10. The Kier molecular flexibility index (Phi) is 4.22. The smallest absolute Gasteiger partial charge is 0.284 e. The van der Waals surface area contributed by atoms with Crippen molar-refractivity contribution in [3.8, 4) is 0 Å². The first-order valence-corrected chi connectivity index (χ1v) is 8.00. The summed E-state index contributed by atoms with van der Waals surface area (Å²) in [6.45, 7) is 0. The molecular weight excluding hydrogens is 320 g/mol. The van der Waals surface area contributed by atoms with Gasteiger partial charge in [0.05, 0.1) is 0 Å². The van der Waals surface area contributed by atoms with E-state index in [-0.39, 0.29) is 11.8 Å². The van der Waals surface area contributed by atoms with Crippen molar-refractivity contribution in [1.82, 2.24) is 9.97 Å². The predicted molar refractivity (Wildman–Crippen MR) is 86.6 cm³/mol. The van der Waals surface area contributed by atoms with Crippen LogP contribution in [0.3, 0.4) is 0 Å². The second-order valence-electron chi connectivity index (χ2n) is 4.16. The van der Waals surface area contributed by atoms with E-state index < -0.39 is 0 Å². The van der Waals surface area contributed by atoms with Crippen LogP contribution >= 0.6 is 22.7 Å². The van der Waals surface area contributed by atoms with E-state index in [0.717, 1.165) is 0 Å². The molecule has 3 rings (SSSR count). The van der Waals surface area contributed by atoms with Crippen molar-refractivity contribution in [1.29, 1.82) is 0 Å². The van der Waals surface area contributed by atoms with Gasteiger partial charge in [0.2, 0.25) is 0 Å². The standard InChI is InChI=1S/C14H10N4O2S2/c19-11(13-15-4-6-21-13)17-9-2-1-3-10(8-9)18-12(20)14-16-5-7-22-14/h1-8H,(H,17,19)(H,18,20). The van der Waals surface area contributed by atoms with Crippen LogP contribution in [-0.2, 0) is 0 Å². The number of rotatable bonds is 4. The molecule has 0 atom stereocenters. The van der Waals surface area contributed by atoms with Crippen molar-refractivity contribution in [2.75, 3.05) is 10.6 Å². The molecule has 2 amide bonds. The number of anilines is 2. The summed E-state index contributed by atoms with van der Waals surface area (Å²) in [4.78, 5) is 31.8. The normalized spacial score (nSPS) is 10.2. The van der Waals surface area contributed by atoms with Crippen LogP contribution in [0.2, 0.25) is 0 Å². The average molecular weight is 330 g/mol. The van der Waals surface area contributed by atoms with Gasteiger partial charge in [-0.3, -0.25) is 9.59 Å². The molecule has 1 aromatic carbocycles. The van der Waals surface area contributed by atoms with Gasteiger partial charge in [-0.15, -0.1) is 22.7 Å². The van der Waals surface area contributed by atoms with Crippen molar-refractivity contribution < 1.29 is 9.59 Å². The maximum Gasteiger partial charge on any atom is 0.284 e. The van der Waals surface area contributed by atoms with Crippen LogP contribution < -0.4 is 10.6 Å². The quantitative estimate of drug-likeness (QED) is 0.770. The highest BCUT2D eigenvalue weighted by Gasteiger charge is 2.11. The largest absolute Gasteiger partial charge is 0.320 e. The minimum Gasteiger partial charge on any atom is -0.320 e. The van der Waals surface area contributed by atoms with E-state index in [0.29, 0.717) is 21.4 Å². The van der Waals surface area contributed by atoms with Crippen LogP contribution in [0, 0.1) is 0 Å². The Hall–Kier alpha value is -2.58. The molecule has 0 saturated carbocycles. The van der Waals surface area contributed by atoms with Crippen molar-refractivity contribution >= 4 is 45.9 Å². The summed E-state index contributed by atoms with van der Waals surface area (Å²) in [5.41, 5.74) is 1.16. The highest BCUT2D eigenvalue weighted by atomic mass is 32.1. The van der Waals surface area contributed by atoms with Gasteiger partial charge in [0.25, 0.3) is 11.8 Å². The van der Waals surface area contributed by atoms with Gasteiger partial charge in [-0.1, -0.05) is 6.07 Å². The summed E-state index contributed by atoms with van der Waals surface area (Å²) in [6, 6.07) is 6.90. The number of hydrogen-bond acceptors (Lipinski definition) is 6. The summed E-state index contributed by atoms with van der Waals surface area (Å²) >= 11 is 2.53. The number of aromatic nitrogens is 2. The van der Waals surface area contributed by atoms with Gasteiger partial charge in [0.15, 0.2) is 10.0 Å². The van der Waals surface area contributed by atoms with Crippen molar-refractivity contribution in [2.45, 2.75) is 0 Å². The number of carbonyl (C=O) groups is 2. The molecule has 0 unspecified atom stereocenters. The van der Waals surface area contributed by atoms with E-state index in [4.69, 9.17) is 0 Å². The Labute approximate surface area is 133 Å². The Morgan fingerprint density at radius 3 is 1.77 bits per heavy atom. The monoisotopic (exact) mass is 330 g/mol. The first-order valence-electron chi connectivity index (χ1n) is 6.24. The Morgan fingerprint density at radius 2 is 1.36 bits per heavy atom. The number of thiazole rings is 2. The van der Waals surface area contributed by atoms with Crippen molar-refractivity contribution in [3.05, 3.63) is 57.4 Å². The molecule has 0 saturated heterocycles. The van der Waals surface area contributed by atoms with Crippen LogP contribution in [0.5, 0.6) is 0 Å². The van der Waals surface area contributed by atoms with Gasteiger partial charge in [-0.2, -0.15) is 0 Å². The summed E-state index contributed by atoms with van der Waals surface area (Å²) in [5.74, 6) is -0.559. The number of hydrogen-bond donors (Lipinski definition) is 2. The molecule has 0 spiro atoms. The topological polar surface area (TPSA) is 84.0 Å². The molecule has 3 aromatic rings. The van der Waals surface area contributed by atoms with E-state index in [9.17, 15) is 9.59 Å². The fourth-order valence-electron chi connectivity index (χ4n) is 1.71. The molecule has 2 heterocycles. The first kappa shape index (κ1) is 14.4. The van der Waals surface area contributed by atoms with Crippen molar-refractivity contribution in [3.63, 3.8) is 0 Å². The third-order valence-corrected chi connectivity index (χ3v) is 4.18. The zero-order valence-corrected chi connectivity index (χ0v) is 12.8. The van der Waals surface area contributed by atoms with Crippen LogP contribution in [0.25, 0.3) is 0 Å². The fourth-order valence-corrected chi connectivity index (χ4v) is 2.78. The molecule has 8 heteroatoms. The van der Waals surface area contributed by atoms with Crippen LogP contribution in [0.15, 0.2) is 47.4 Å². The van der Waals surface area contributed by atoms with E-state index in [1.54, 1.807) is 47.4 Å². The van der Waals surface area contributed by atoms with Gasteiger partial charge >= 0.3 is 0 Å². The molecule has 0 fully saturated rings. The number of amides is 2. The molecule has 0 aliphatic rings. The fraction of sp³-hybridized carbons (Fsp3) is 0. The number of nitrogens with one attached hydrogen (secondary N) is 2. The van der Waals surface area contributed by atoms with Crippen LogP contribution in [0.1, 0.15) is 19.6 Å². The minimum absolute atomic E-state index is 0.279. The third kappa shape index (κ3) is 3.35. The number of benzene rings is 1. The van der Waals surface area contributed by atoms with Gasteiger partial charge in [-0.25, -0.2) is 9.97 Å². The number of carbonyl (C=O) groups excluding carboxylic acids is 2. The zero-order chi connectivity index (χ0) is 15.4. The summed E-state index contributed by atoms with van der Waals surface area (Å²) in [5, 5.41) is 9.72. The van der Waals surface area contributed by atoms with Gasteiger partial charge in [0.1, 0.15) is 0 Å². The molecule has 2 aromatic heterocycles. The molecule has 22 heavy (non-hydrogen) atoms. The molecule has 2 N–H and O–H groups in total. The molecule has 0 aliphatic carbocycles. The van der Waals surface area contributed by atoms with E-state index in [2.05, 4.69) is 20.6 Å². The minimum atomic E-state index is -0.279. The molecule has 0 bridgehead atoms. The Balaban J connectivity index is 1.70. The SMILES string of the molecule is O=C(Nc1cccc(NC(=O)c2nccs2)c1)c1nccs1. The molecule has 0 aliphatic heterocycles. The first-order chi connectivity index (χ1) is 10.7. The van der Waals surface area contributed by atoms with Crippen LogP contribution in [-0.4, -0.2) is 21.8 Å². The highest BCUT2D eigenvalue weighted by Crippen LogP contribution is 2.18. The second kappa shape index (κ2) is 6.46. The molecule has 0 radical (unpaired) electrons. The van der Waals surface area contributed by atoms with E-state index in [1.807, 2.05) is 0 Å². The maximum absolute atomic E-state index is 11.9. The van der Waals surface area contributed by atoms with Crippen LogP contribution in [0.4, 0.5) is 11.4 Å². The lowest BCUT2D eigenvalue weighted by Crippen LogP contribution is -2.13. The third-order valence-electron chi connectivity index (χ3n) is 2.63. The van der Waals surface area contributed by atoms with Gasteiger partial charge in [0, 0.05) is 34.5 Å².